The zero-order valence-corrected chi connectivity index (χ0v) is 20.0. The maximum absolute atomic E-state index is 12.4. The van der Waals surface area contributed by atoms with Gasteiger partial charge in [-0.15, -0.1) is 11.6 Å². The highest BCUT2D eigenvalue weighted by molar-refractivity contribution is 6.17. The van der Waals surface area contributed by atoms with Gasteiger partial charge in [-0.1, -0.05) is 32.1 Å². The van der Waals surface area contributed by atoms with E-state index >= 15 is 0 Å². The molecule has 0 amide bonds. The van der Waals surface area contributed by atoms with Gasteiger partial charge < -0.3 is 24.1 Å². The van der Waals surface area contributed by atoms with Gasteiger partial charge in [-0.05, 0) is 31.7 Å². The van der Waals surface area contributed by atoms with Crippen molar-refractivity contribution in [2.75, 3.05) is 25.7 Å². The Morgan fingerprint density at radius 1 is 1.09 bits per heavy atom. The number of ether oxygens (including phenoxy) is 2. The van der Waals surface area contributed by atoms with Crippen LogP contribution in [0, 0.1) is 0 Å². The minimum absolute atomic E-state index is 0.241. The number of unbranched alkanes of at least 4 members (excludes halogenated alkanes) is 7. The van der Waals surface area contributed by atoms with Crippen LogP contribution in [0.5, 0.6) is 0 Å². The molecule has 0 saturated carbocycles. The number of hydrogen-bond donors (Lipinski definition) is 2. The molecule has 2 N–H and O–H groups in total. The van der Waals surface area contributed by atoms with Crippen molar-refractivity contribution in [3.05, 3.63) is 28.5 Å². The topological polar surface area (TPSA) is 107 Å². The normalized spacial score (nSPS) is 20.8. The molecule has 3 atom stereocenters. The van der Waals surface area contributed by atoms with Gasteiger partial charge in [0.2, 0.25) is 5.71 Å². The van der Waals surface area contributed by atoms with E-state index in [1.807, 2.05) is 6.07 Å². The van der Waals surface area contributed by atoms with E-state index in [4.69, 9.17) is 25.5 Å². The maximum Gasteiger partial charge on any atom is 0.353 e. The number of nitrogens with zero attached hydrogens (tertiary/aromatic N) is 2. The van der Waals surface area contributed by atoms with Crippen LogP contribution in [0.25, 0.3) is 11.1 Å². The molecule has 1 saturated heterocycles. The molecule has 1 unspecified atom stereocenters. The van der Waals surface area contributed by atoms with Gasteiger partial charge >= 0.3 is 5.69 Å². The summed E-state index contributed by atoms with van der Waals surface area (Å²) in [6.45, 7) is 1.38. The maximum atomic E-state index is 12.4. The summed E-state index contributed by atoms with van der Waals surface area (Å²) in [5.41, 5.74) is -0.159. The Kier molecular flexibility index (Phi) is 11.1. The van der Waals surface area contributed by atoms with E-state index in [1.54, 1.807) is 6.20 Å². The van der Waals surface area contributed by atoms with E-state index in [-0.39, 0.29) is 13.0 Å². The van der Waals surface area contributed by atoms with E-state index in [0.717, 1.165) is 62.9 Å². The van der Waals surface area contributed by atoms with E-state index in [1.165, 1.54) is 30.3 Å². The molecule has 0 aromatic carbocycles. The molecule has 0 aliphatic carbocycles. The molecule has 1 aliphatic rings. The molecule has 3 rings (SSSR count). The predicted octanol–water partition coefficient (Wildman–Crippen LogP) is 3.94. The van der Waals surface area contributed by atoms with E-state index in [0.29, 0.717) is 11.6 Å². The van der Waals surface area contributed by atoms with Crippen LogP contribution < -0.4 is 5.69 Å². The van der Waals surface area contributed by atoms with Crippen molar-refractivity contribution in [1.29, 1.82) is 0 Å². The molecule has 2 aromatic rings. The molecule has 1 aliphatic heterocycles. The molecular formula is C24H37ClN2O6. The summed E-state index contributed by atoms with van der Waals surface area (Å²) in [5.74, 6) is 1.53. The molecule has 0 spiro atoms. The number of aliphatic hydroxyl groups excluding tert-OH is 2. The van der Waals surface area contributed by atoms with E-state index in [9.17, 15) is 15.0 Å². The van der Waals surface area contributed by atoms with Crippen LogP contribution in [-0.4, -0.2) is 57.7 Å². The fourth-order valence-corrected chi connectivity index (χ4v) is 4.33. The number of aliphatic hydroxyl groups is 2. The number of hydrogen-bond acceptors (Lipinski definition) is 7. The van der Waals surface area contributed by atoms with Gasteiger partial charge in [0.25, 0.3) is 0 Å². The van der Waals surface area contributed by atoms with Gasteiger partial charge in [-0.2, -0.15) is 4.98 Å². The molecular weight excluding hydrogens is 448 g/mol. The molecule has 1 fully saturated rings. The summed E-state index contributed by atoms with van der Waals surface area (Å²) in [6.07, 6.45) is 10.8. The van der Waals surface area contributed by atoms with Crippen molar-refractivity contribution in [2.45, 2.75) is 89.1 Å². The highest BCUT2D eigenvalue weighted by Crippen LogP contribution is 2.28. The van der Waals surface area contributed by atoms with Crippen molar-refractivity contribution < 1.29 is 24.1 Å². The standard InChI is InChI=1S/C24H37ClN2O6/c25-11-7-9-13-31-12-8-5-3-1-2-4-6-10-19-14-18-16-27(24(30)26-23(18)32-19)22-15-20(29)21(17-28)33-22/h14,16,20-22,28-29H,1-13,15,17H2/t20-,21+,22?/m0/s1. The first-order chi connectivity index (χ1) is 16.1. The summed E-state index contributed by atoms with van der Waals surface area (Å²) >= 11 is 5.64. The Hall–Kier alpha value is -1.45. The molecule has 186 valence electrons. The molecule has 8 nitrogen and oxygen atoms in total. The van der Waals surface area contributed by atoms with Crippen molar-refractivity contribution in [3.8, 4) is 0 Å². The van der Waals surface area contributed by atoms with Crippen LogP contribution in [0.15, 0.2) is 21.5 Å². The van der Waals surface area contributed by atoms with Gasteiger partial charge in [0.1, 0.15) is 18.1 Å². The number of aryl methyl sites for hydroxylation is 1. The number of halogens is 1. The van der Waals surface area contributed by atoms with Gasteiger partial charge in [-0.3, -0.25) is 4.57 Å². The third-order valence-electron chi connectivity index (χ3n) is 6.07. The fourth-order valence-electron chi connectivity index (χ4n) is 4.14. The number of rotatable bonds is 16. The first-order valence-corrected chi connectivity index (χ1v) is 12.8. The fraction of sp³-hybridized carbons (Fsp3) is 0.750. The minimum atomic E-state index is -0.804. The molecule has 3 heterocycles. The van der Waals surface area contributed by atoms with Crippen LogP contribution in [0.3, 0.4) is 0 Å². The zero-order chi connectivity index (χ0) is 23.5. The number of alkyl halides is 1. The third-order valence-corrected chi connectivity index (χ3v) is 6.33. The summed E-state index contributed by atoms with van der Waals surface area (Å²) < 4.78 is 18.3. The van der Waals surface area contributed by atoms with Crippen LogP contribution in [0.4, 0.5) is 0 Å². The number of aromatic nitrogens is 2. The average molecular weight is 485 g/mol. The van der Waals surface area contributed by atoms with Crippen molar-refractivity contribution in [3.63, 3.8) is 0 Å². The van der Waals surface area contributed by atoms with Crippen molar-refractivity contribution in [2.24, 2.45) is 0 Å². The largest absolute Gasteiger partial charge is 0.443 e. The highest BCUT2D eigenvalue weighted by atomic mass is 35.5. The highest BCUT2D eigenvalue weighted by Gasteiger charge is 2.35. The number of fused-ring (bicyclic) bond motifs is 1. The summed E-state index contributed by atoms with van der Waals surface area (Å²) in [4.78, 5) is 16.4. The molecule has 9 heteroatoms. The number of furan rings is 1. The second-order valence-corrected chi connectivity index (χ2v) is 9.13. The molecule has 0 bridgehead atoms. The Balaban J connectivity index is 1.33. The lowest BCUT2D eigenvalue weighted by molar-refractivity contribution is -0.0457. The molecule has 0 radical (unpaired) electrons. The van der Waals surface area contributed by atoms with Crippen molar-refractivity contribution in [1.82, 2.24) is 9.55 Å². The lowest BCUT2D eigenvalue weighted by Crippen LogP contribution is -2.27. The molecule has 33 heavy (non-hydrogen) atoms. The van der Waals surface area contributed by atoms with Gasteiger partial charge in [0.15, 0.2) is 0 Å². The first kappa shape index (κ1) is 26.2. The van der Waals surface area contributed by atoms with Crippen molar-refractivity contribution >= 4 is 22.7 Å². The van der Waals surface area contributed by atoms with E-state index < -0.39 is 24.1 Å². The van der Waals surface area contributed by atoms with E-state index in [2.05, 4.69) is 4.98 Å². The summed E-state index contributed by atoms with van der Waals surface area (Å²) in [5, 5.41) is 19.9. The Morgan fingerprint density at radius 3 is 2.48 bits per heavy atom. The van der Waals surface area contributed by atoms with Crippen LogP contribution in [0.1, 0.15) is 76.2 Å². The van der Waals surface area contributed by atoms with Crippen LogP contribution in [0.2, 0.25) is 0 Å². The zero-order valence-electron chi connectivity index (χ0n) is 19.3. The lowest BCUT2D eigenvalue weighted by Gasteiger charge is -2.13. The average Bonchev–Trinajstić information content (AvgIpc) is 3.38. The summed E-state index contributed by atoms with van der Waals surface area (Å²) in [7, 11) is 0. The molecule has 2 aromatic heterocycles. The summed E-state index contributed by atoms with van der Waals surface area (Å²) in [6, 6.07) is 1.92. The Labute approximate surface area is 199 Å². The van der Waals surface area contributed by atoms with Crippen LogP contribution in [-0.2, 0) is 15.9 Å². The Morgan fingerprint density at radius 2 is 1.79 bits per heavy atom. The SMILES string of the molecule is O=c1nc2oc(CCCCCCCCCOCCCCCl)cc2cn1C1C[C@H](O)[C@@H](CO)O1. The second kappa shape index (κ2) is 14.1. The monoisotopic (exact) mass is 484 g/mol. The Bertz CT molecular complexity index is 885. The smallest absolute Gasteiger partial charge is 0.353 e. The van der Waals surface area contributed by atoms with Gasteiger partial charge in [-0.25, -0.2) is 4.79 Å². The minimum Gasteiger partial charge on any atom is -0.443 e. The lowest BCUT2D eigenvalue weighted by atomic mass is 10.1. The van der Waals surface area contributed by atoms with Gasteiger partial charge in [0.05, 0.1) is 18.1 Å². The third kappa shape index (κ3) is 8.07. The van der Waals surface area contributed by atoms with Gasteiger partial charge in [0, 0.05) is 38.1 Å². The quantitative estimate of drug-likeness (QED) is 0.274. The first-order valence-electron chi connectivity index (χ1n) is 12.2. The predicted molar refractivity (Wildman–Crippen MR) is 127 cm³/mol. The second-order valence-electron chi connectivity index (χ2n) is 8.75. The van der Waals surface area contributed by atoms with Crippen LogP contribution >= 0.6 is 11.6 Å².